The van der Waals surface area contributed by atoms with Crippen molar-refractivity contribution in [1.29, 1.82) is 0 Å². The van der Waals surface area contributed by atoms with Crippen LogP contribution in [-0.4, -0.2) is 28.9 Å². The number of anilines is 1. The van der Waals surface area contributed by atoms with E-state index in [1.807, 2.05) is 0 Å². The van der Waals surface area contributed by atoms with Crippen molar-refractivity contribution in [3.05, 3.63) is 16.0 Å². The zero-order valence-electron chi connectivity index (χ0n) is 14.4. The van der Waals surface area contributed by atoms with E-state index in [-0.39, 0.29) is 30.7 Å². The van der Waals surface area contributed by atoms with Gasteiger partial charge >= 0.3 is 5.97 Å². The average molecular weight is 364 g/mol. The predicted molar refractivity (Wildman–Crippen MR) is 96.1 cm³/mol. The van der Waals surface area contributed by atoms with Crippen LogP contribution in [-0.2, 0) is 22.4 Å². The summed E-state index contributed by atoms with van der Waals surface area (Å²) in [6, 6.07) is 0.255. The second-order valence-corrected chi connectivity index (χ2v) is 8.02. The second kappa shape index (κ2) is 7.56. The first-order chi connectivity index (χ1) is 12.0. The van der Waals surface area contributed by atoms with Gasteiger partial charge in [0.25, 0.3) is 5.91 Å². The third-order valence-corrected chi connectivity index (χ3v) is 6.07. The van der Waals surface area contributed by atoms with Gasteiger partial charge in [0.15, 0.2) is 0 Å². The Morgan fingerprint density at radius 2 is 1.96 bits per heavy atom. The van der Waals surface area contributed by atoms with Crippen LogP contribution in [0.2, 0.25) is 0 Å². The normalized spacial score (nSPS) is 19.2. The molecule has 1 heterocycles. The Morgan fingerprint density at radius 1 is 1.20 bits per heavy atom. The Morgan fingerprint density at radius 3 is 2.60 bits per heavy atom. The number of carboxylic acids is 1. The average Bonchev–Trinajstić information content (AvgIpc) is 3.31. The van der Waals surface area contributed by atoms with Gasteiger partial charge in [0.1, 0.15) is 5.00 Å². The number of amides is 2. The van der Waals surface area contributed by atoms with Crippen molar-refractivity contribution in [2.24, 2.45) is 5.92 Å². The van der Waals surface area contributed by atoms with Crippen LogP contribution in [0.25, 0.3) is 0 Å². The highest BCUT2D eigenvalue weighted by Gasteiger charge is 2.31. The molecule has 2 aliphatic rings. The molecule has 1 aromatic heterocycles. The number of thiophene rings is 1. The molecular formula is C18H24N2O4S. The maximum absolute atomic E-state index is 12.7. The van der Waals surface area contributed by atoms with E-state index in [0.29, 0.717) is 16.5 Å². The number of hydrogen-bond acceptors (Lipinski definition) is 4. The van der Waals surface area contributed by atoms with E-state index in [1.54, 1.807) is 0 Å². The lowest BCUT2D eigenvalue weighted by atomic mass is 9.85. The van der Waals surface area contributed by atoms with Gasteiger partial charge in [-0.1, -0.05) is 13.3 Å². The first kappa shape index (κ1) is 17.9. The number of rotatable bonds is 7. The van der Waals surface area contributed by atoms with Crippen LogP contribution in [0.5, 0.6) is 0 Å². The van der Waals surface area contributed by atoms with Crippen LogP contribution >= 0.6 is 11.3 Å². The highest BCUT2D eigenvalue weighted by Crippen LogP contribution is 2.40. The van der Waals surface area contributed by atoms with Crippen molar-refractivity contribution in [1.82, 2.24) is 5.32 Å². The van der Waals surface area contributed by atoms with E-state index >= 15 is 0 Å². The Kier molecular flexibility index (Phi) is 5.42. The van der Waals surface area contributed by atoms with Crippen molar-refractivity contribution in [3.8, 4) is 0 Å². The van der Waals surface area contributed by atoms with E-state index in [2.05, 4.69) is 17.6 Å². The molecule has 6 nitrogen and oxygen atoms in total. The van der Waals surface area contributed by atoms with Crippen molar-refractivity contribution >= 4 is 34.1 Å². The molecule has 3 rings (SSSR count). The minimum Gasteiger partial charge on any atom is -0.481 e. The fourth-order valence-electron chi connectivity index (χ4n) is 3.23. The summed E-state index contributed by atoms with van der Waals surface area (Å²) in [5, 5.41) is 15.1. The summed E-state index contributed by atoms with van der Waals surface area (Å²) in [6.07, 6.45) is 5.72. The zero-order valence-corrected chi connectivity index (χ0v) is 15.2. The third kappa shape index (κ3) is 4.39. The molecule has 1 unspecified atom stereocenters. The topological polar surface area (TPSA) is 95.5 Å². The molecule has 0 radical (unpaired) electrons. The van der Waals surface area contributed by atoms with Crippen LogP contribution in [0, 0.1) is 5.92 Å². The maximum Gasteiger partial charge on any atom is 0.303 e. The number of aliphatic carboxylic acids is 1. The maximum atomic E-state index is 12.7. The fourth-order valence-corrected chi connectivity index (χ4v) is 4.60. The van der Waals surface area contributed by atoms with Crippen LogP contribution in [0.4, 0.5) is 5.00 Å². The number of carbonyl (C=O) groups excluding carboxylic acids is 2. The molecule has 0 bridgehead atoms. The molecule has 25 heavy (non-hydrogen) atoms. The summed E-state index contributed by atoms with van der Waals surface area (Å²) in [4.78, 5) is 36.6. The van der Waals surface area contributed by atoms with Crippen molar-refractivity contribution in [2.45, 2.75) is 64.3 Å². The molecule has 0 saturated heterocycles. The molecule has 2 aliphatic carbocycles. The van der Waals surface area contributed by atoms with Crippen LogP contribution < -0.4 is 10.6 Å². The second-order valence-electron chi connectivity index (χ2n) is 6.91. The molecule has 2 amide bonds. The Bertz CT molecular complexity index is 693. The van der Waals surface area contributed by atoms with Gasteiger partial charge in [-0.15, -0.1) is 11.3 Å². The summed E-state index contributed by atoms with van der Waals surface area (Å²) in [6.45, 7) is 2.18. The highest BCUT2D eigenvalue weighted by molar-refractivity contribution is 7.17. The predicted octanol–water partition coefficient (Wildman–Crippen LogP) is 2.96. The molecule has 1 aromatic rings. The number of fused-ring (bicyclic) bond motifs is 1. The third-order valence-electron chi connectivity index (χ3n) is 4.90. The Balaban J connectivity index is 1.82. The monoisotopic (exact) mass is 364 g/mol. The fraction of sp³-hybridized carbons (Fsp3) is 0.611. The Labute approximate surface area is 151 Å². The lowest BCUT2D eigenvalue weighted by molar-refractivity contribution is -0.138. The molecule has 1 saturated carbocycles. The lowest BCUT2D eigenvalue weighted by Crippen LogP contribution is -2.28. The van der Waals surface area contributed by atoms with Crippen LogP contribution in [0.1, 0.15) is 66.2 Å². The first-order valence-corrected chi connectivity index (χ1v) is 9.76. The van der Waals surface area contributed by atoms with Crippen molar-refractivity contribution in [3.63, 3.8) is 0 Å². The van der Waals surface area contributed by atoms with E-state index in [4.69, 9.17) is 5.11 Å². The number of nitrogens with one attached hydrogen (secondary N) is 2. The van der Waals surface area contributed by atoms with E-state index in [9.17, 15) is 14.4 Å². The van der Waals surface area contributed by atoms with Gasteiger partial charge in [-0.25, -0.2) is 0 Å². The summed E-state index contributed by atoms with van der Waals surface area (Å²) >= 11 is 1.48. The molecule has 7 heteroatoms. The molecule has 1 fully saturated rings. The van der Waals surface area contributed by atoms with Crippen molar-refractivity contribution < 1.29 is 19.5 Å². The molecule has 3 N–H and O–H groups in total. The summed E-state index contributed by atoms with van der Waals surface area (Å²) < 4.78 is 0. The SMILES string of the molecule is CCC1CCc2c(sc(NC(=O)CCC(=O)O)c2C(=O)NC2CC2)C1. The number of carboxylic acid groups (broad SMARTS) is 1. The molecule has 0 aromatic carbocycles. The smallest absolute Gasteiger partial charge is 0.303 e. The lowest BCUT2D eigenvalue weighted by Gasteiger charge is -2.21. The standard InChI is InChI=1S/C18H24N2O4S/c1-2-10-3-6-12-13(9-10)25-18(20-14(21)7-8-15(22)23)16(12)17(24)19-11-4-5-11/h10-11H,2-9H2,1H3,(H,19,24)(H,20,21)(H,22,23). The first-order valence-electron chi connectivity index (χ1n) is 8.95. The van der Waals surface area contributed by atoms with E-state index < -0.39 is 5.97 Å². The van der Waals surface area contributed by atoms with Crippen LogP contribution in [0.3, 0.4) is 0 Å². The molecule has 1 atom stereocenters. The number of hydrogen-bond donors (Lipinski definition) is 3. The summed E-state index contributed by atoms with van der Waals surface area (Å²) in [5.41, 5.74) is 1.67. The molecular weight excluding hydrogens is 340 g/mol. The van der Waals surface area contributed by atoms with Gasteiger partial charge in [-0.3, -0.25) is 14.4 Å². The summed E-state index contributed by atoms with van der Waals surface area (Å²) in [7, 11) is 0. The minimum absolute atomic E-state index is 0.0842. The van der Waals surface area contributed by atoms with Gasteiger partial charge in [-0.2, -0.15) is 0 Å². The van der Waals surface area contributed by atoms with Gasteiger partial charge in [-0.05, 0) is 43.6 Å². The quantitative estimate of drug-likeness (QED) is 0.693. The zero-order chi connectivity index (χ0) is 18.0. The summed E-state index contributed by atoms with van der Waals surface area (Å²) in [5.74, 6) is -0.837. The van der Waals surface area contributed by atoms with Gasteiger partial charge in [0.2, 0.25) is 5.91 Å². The van der Waals surface area contributed by atoms with Gasteiger partial charge in [0, 0.05) is 17.3 Å². The minimum atomic E-state index is -1.00. The van der Waals surface area contributed by atoms with E-state index in [0.717, 1.165) is 44.1 Å². The van der Waals surface area contributed by atoms with Gasteiger partial charge in [0.05, 0.1) is 12.0 Å². The largest absolute Gasteiger partial charge is 0.481 e. The van der Waals surface area contributed by atoms with Crippen molar-refractivity contribution in [2.75, 3.05) is 5.32 Å². The van der Waals surface area contributed by atoms with E-state index in [1.165, 1.54) is 16.2 Å². The molecule has 0 spiro atoms. The molecule has 136 valence electrons. The Hall–Kier alpha value is -1.89. The molecule has 0 aliphatic heterocycles. The number of carbonyl (C=O) groups is 3. The van der Waals surface area contributed by atoms with Crippen LogP contribution in [0.15, 0.2) is 0 Å². The highest BCUT2D eigenvalue weighted by atomic mass is 32.1. The van der Waals surface area contributed by atoms with Gasteiger partial charge < -0.3 is 15.7 Å².